The van der Waals surface area contributed by atoms with Crippen LogP contribution >= 0.6 is 12.2 Å². The van der Waals surface area contributed by atoms with E-state index in [-0.39, 0.29) is 11.7 Å². The van der Waals surface area contributed by atoms with Gasteiger partial charge in [-0.25, -0.2) is 0 Å². The van der Waals surface area contributed by atoms with Crippen LogP contribution < -0.4 is 15.6 Å². The Hall–Kier alpha value is -2.12. The van der Waals surface area contributed by atoms with E-state index in [4.69, 9.17) is 21.7 Å². The number of methoxy groups -OCH3 is 1. The average Bonchev–Trinajstić information content (AvgIpc) is 3.13. The van der Waals surface area contributed by atoms with Gasteiger partial charge in [0.15, 0.2) is 5.11 Å². The van der Waals surface area contributed by atoms with Gasteiger partial charge in [0, 0.05) is 31.8 Å². The second-order valence-electron chi connectivity index (χ2n) is 6.15. The SMILES string of the molecule is CNC(=S)N(Cc1cc2ccc(OC)cc2[nH]c1=O)C[C@H]1CCCO1. The third-order valence-corrected chi connectivity index (χ3v) is 4.90. The molecule has 1 atom stereocenters. The smallest absolute Gasteiger partial charge is 0.253 e. The van der Waals surface area contributed by atoms with Crippen LogP contribution in [0.5, 0.6) is 5.75 Å². The predicted octanol–water partition coefficient (Wildman–Crippen LogP) is 2.02. The molecular weight excluding hydrogens is 338 g/mol. The maximum atomic E-state index is 12.5. The van der Waals surface area contributed by atoms with E-state index in [2.05, 4.69) is 10.3 Å². The number of nitrogens with zero attached hydrogens (tertiary/aromatic N) is 1. The van der Waals surface area contributed by atoms with Crippen LogP contribution in [0, 0.1) is 0 Å². The minimum atomic E-state index is -0.114. The molecule has 6 nitrogen and oxygen atoms in total. The van der Waals surface area contributed by atoms with E-state index in [1.807, 2.05) is 29.2 Å². The highest BCUT2D eigenvalue weighted by atomic mass is 32.1. The molecule has 25 heavy (non-hydrogen) atoms. The Morgan fingerprint density at radius 3 is 3.00 bits per heavy atom. The van der Waals surface area contributed by atoms with Gasteiger partial charge >= 0.3 is 0 Å². The summed E-state index contributed by atoms with van der Waals surface area (Å²) in [6.45, 7) is 1.92. The highest BCUT2D eigenvalue weighted by molar-refractivity contribution is 7.80. The summed E-state index contributed by atoms with van der Waals surface area (Å²) in [4.78, 5) is 17.4. The molecule has 0 amide bonds. The van der Waals surface area contributed by atoms with Crippen molar-refractivity contribution in [2.75, 3.05) is 27.3 Å². The van der Waals surface area contributed by atoms with Crippen LogP contribution in [-0.4, -0.2) is 48.4 Å². The molecule has 0 spiro atoms. The van der Waals surface area contributed by atoms with Gasteiger partial charge < -0.3 is 24.7 Å². The number of hydrogen-bond acceptors (Lipinski definition) is 4. The number of nitrogens with one attached hydrogen (secondary N) is 2. The average molecular weight is 361 g/mol. The molecule has 7 heteroatoms. The molecule has 0 unspecified atom stereocenters. The van der Waals surface area contributed by atoms with Gasteiger partial charge in [0.1, 0.15) is 5.75 Å². The monoisotopic (exact) mass is 361 g/mol. The molecule has 0 bridgehead atoms. The summed E-state index contributed by atoms with van der Waals surface area (Å²) >= 11 is 5.41. The van der Waals surface area contributed by atoms with Crippen LogP contribution in [0.4, 0.5) is 0 Å². The Kier molecular flexibility index (Phi) is 5.55. The number of rotatable bonds is 5. The largest absolute Gasteiger partial charge is 0.497 e. The fraction of sp³-hybridized carbons (Fsp3) is 0.444. The van der Waals surface area contributed by atoms with E-state index in [1.54, 1.807) is 14.2 Å². The zero-order valence-electron chi connectivity index (χ0n) is 14.5. The summed E-state index contributed by atoms with van der Waals surface area (Å²) in [5, 5.41) is 4.58. The lowest BCUT2D eigenvalue weighted by Gasteiger charge is -2.27. The molecule has 0 saturated carbocycles. The van der Waals surface area contributed by atoms with Gasteiger partial charge in [0.05, 0.1) is 25.3 Å². The Bertz CT molecular complexity index is 815. The summed E-state index contributed by atoms with van der Waals surface area (Å²) in [6.07, 6.45) is 2.26. The fourth-order valence-corrected chi connectivity index (χ4v) is 3.23. The van der Waals surface area contributed by atoms with Gasteiger partial charge in [-0.15, -0.1) is 0 Å². The standard InChI is InChI=1S/C18H23N3O3S/c1-19-18(25)21(11-15-4-3-7-24-15)10-13-8-12-5-6-14(23-2)9-16(12)20-17(13)22/h5-6,8-9,15H,3-4,7,10-11H2,1-2H3,(H,19,25)(H,20,22)/t15-/m1/s1. The van der Waals surface area contributed by atoms with Crippen molar-refractivity contribution < 1.29 is 9.47 Å². The van der Waals surface area contributed by atoms with Crippen molar-refractivity contribution in [1.29, 1.82) is 0 Å². The molecule has 0 radical (unpaired) electrons. The number of thiocarbonyl (C=S) groups is 1. The summed E-state index contributed by atoms with van der Waals surface area (Å²) in [7, 11) is 3.40. The van der Waals surface area contributed by atoms with Gasteiger partial charge in [-0.2, -0.15) is 0 Å². The van der Waals surface area contributed by atoms with Crippen LogP contribution in [-0.2, 0) is 11.3 Å². The van der Waals surface area contributed by atoms with Crippen molar-refractivity contribution in [2.45, 2.75) is 25.5 Å². The first-order valence-corrected chi connectivity index (χ1v) is 8.79. The minimum Gasteiger partial charge on any atom is -0.497 e. The van der Waals surface area contributed by atoms with Crippen molar-refractivity contribution >= 4 is 28.2 Å². The molecule has 1 aromatic carbocycles. The Morgan fingerprint density at radius 1 is 1.48 bits per heavy atom. The number of benzene rings is 1. The Labute approximate surface area is 152 Å². The molecule has 2 heterocycles. The highest BCUT2D eigenvalue weighted by Gasteiger charge is 2.21. The summed E-state index contributed by atoms with van der Waals surface area (Å²) in [6, 6.07) is 7.55. The molecule has 2 N–H and O–H groups in total. The van der Waals surface area contributed by atoms with Gasteiger partial charge in [-0.3, -0.25) is 4.79 Å². The minimum absolute atomic E-state index is 0.114. The van der Waals surface area contributed by atoms with Crippen LogP contribution in [0.2, 0.25) is 0 Å². The van der Waals surface area contributed by atoms with E-state index < -0.39 is 0 Å². The van der Waals surface area contributed by atoms with Gasteiger partial charge in [-0.1, -0.05) is 0 Å². The lowest BCUT2D eigenvalue weighted by Crippen LogP contribution is -2.42. The van der Waals surface area contributed by atoms with Gasteiger partial charge in [-0.05, 0) is 48.6 Å². The quantitative estimate of drug-likeness (QED) is 0.795. The zero-order valence-corrected chi connectivity index (χ0v) is 15.3. The summed E-state index contributed by atoms with van der Waals surface area (Å²) < 4.78 is 10.9. The predicted molar refractivity (Wildman–Crippen MR) is 102 cm³/mol. The molecule has 1 aromatic heterocycles. The summed E-state index contributed by atoms with van der Waals surface area (Å²) in [5.41, 5.74) is 1.32. The highest BCUT2D eigenvalue weighted by Crippen LogP contribution is 2.19. The first-order valence-electron chi connectivity index (χ1n) is 8.39. The normalized spacial score (nSPS) is 16.8. The van der Waals surface area contributed by atoms with Crippen LogP contribution in [0.25, 0.3) is 10.9 Å². The Morgan fingerprint density at radius 2 is 2.32 bits per heavy atom. The third kappa shape index (κ3) is 4.11. The van der Waals surface area contributed by atoms with Crippen molar-refractivity contribution in [3.8, 4) is 5.75 Å². The van der Waals surface area contributed by atoms with Gasteiger partial charge in [0.2, 0.25) is 0 Å². The molecule has 2 aromatic rings. The number of aromatic amines is 1. The van der Waals surface area contributed by atoms with Crippen molar-refractivity contribution in [3.63, 3.8) is 0 Å². The molecule has 1 aliphatic rings. The topological polar surface area (TPSA) is 66.6 Å². The molecule has 1 fully saturated rings. The molecule has 0 aliphatic carbocycles. The van der Waals surface area contributed by atoms with E-state index >= 15 is 0 Å². The van der Waals surface area contributed by atoms with Gasteiger partial charge in [0.25, 0.3) is 5.56 Å². The number of H-pyrrole nitrogens is 1. The molecule has 134 valence electrons. The van der Waals surface area contributed by atoms with E-state index in [9.17, 15) is 4.79 Å². The first-order chi connectivity index (χ1) is 12.1. The number of ether oxygens (including phenoxy) is 2. The van der Waals surface area contributed by atoms with Crippen molar-refractivity contribution in [1.82, 2.24) is 15.2 Å². The third-order valence-electron chi connectivity index (χ3n) is 4.44. The lowest BCUT2D eigenvalue weighted by molar-refractivity contribution is 0.0898. The van der Waals surface area contributed by atoms with Crippen LogP contribution in [0.3, 0.4) is 0 Å². The van der Waals surface area contributed by atoms with E-state index in [0.29, 0.717) is 29.5 Å². The Balaban J connectivity index is 1.86. The second-order valence-corrected chi connectivity index (χ2v) is 6.53. The molecule has 3 rings (SSSR count). The maximum Gasteiger partial charge on any atom is 0.253 e. The lowest BCUT2D eigenvalue weighted by atomic mass is 10.1. The zero-order chi connectivity index (χ0) is 17.8. The fourth-order valence-electron chi connectivity index (χ4n) is 3.09. The molecule has 1 saturated heterocycles. The molecule has 1 aliphatic heterocycles. The molecular formula is C18H23N3O3S. The summed E-state index contributed by atoms with van der Waals surface area (Å²) in [5.74, 6) is 0.715. The number of aromatic nitrogens is 1. The van der Waals surface area contributed by atoms with Crippen molar-refractivity contribution in [2.24, 2.45) is 0 Å². The van der Waals surface area contributed by atoms with E-state index in [1.165, 1.54) is 0 Å². The van der Waals surface area contributed by atoms with Crippen LogP contribution in [0.15, 0.2) is 29.1 Å². The van der Waals surface area contributed by atoms with Crippen LogP contribution in [0.1, 0.15) is 18.4 Å². The number of pyridine rings is 1. The van der Waals surface area contributed by atoms with Crippen molar-refractivity contribution in [3.05, 3.63) is 40.2 Å². The first kappa shape index (κ1) is 17.7. The number of hydrogen-bond donors (Lipinski definition) is 2. The second kappa shape index (κ2) is 7.84. The van der Waals surface area contributed by atoms with E-state index in [0.717, 1.165) is 30.4 Å². The number of fused-ring (bicyclic) bond motifs is 1. The maximum absolute atomic E-state index is 12.5.